The number of carbonyl (C=O) groups is 1. The molecule has 0 aliphatic heterocycles. The summed E-state index contributed by atoms with van der Waals surface area (Å²) in [5, 5.41) is 10.9. The number of aliphatic hydroxyl groups excluding tert-OH is 1. The van der Waals surface area contributed by atoms with Gasteiger partial charge in [0.2, 0.25) is 6.41 Å². The molecule has 0 saturated carbocycles. The molecule has 0 aliphatic rings. The number of amides is 1. The molecule has 1 N–H and O–H groups in total. The van der Waals surface area contributed by atoms with E-state index < -0.39 is 0 Å². The van der Waals surface area contributed by atoms with Crippen LogP contribution in [0.5, 0.6) is 0 Å². The number of carbonyl (C=O) groups excluding carboxylic acids is 1. The van der Waals surface area contributed by atoms with Crippen molar-refractivity contribution in [1.82, 2.24) is 4.90 Å². The Morgan fingerprint density at radius 3 is 2.85 bits per heavy atom. The molecular weight excluding hydrogens is 270 g/mol. The number of hydrogen-bond donors (Lipinski definition) is 1. The topological polar surface area (TPSA) is 40.5 Å². The summed E-state index contributed by atoms with van der Waals surface area (Å²) in [6.07, 6.45) is 1.47. The van der Waals surface area contributed by atoms with Crippen molar-refractivity contribution < 1.29 is 9.90 Å². The van der Waals surface area contributed by atoms with Crippen molar-refractivity contribution in [2.75, 3.05) is 13.2 Å². The van der Waals surface area contributed by atoms with E-state index in [1.807, 2.05) is 6.07 Å². The van der Waals surface area contributed by atoms with E-state index in [9.17, 15) is 4.79 Å². The van der Waals surface area contributed by atoms with Crippen LogP contribution in [0.25, 0.3) is 10.4 Å². The SMILES string of the molecule is Cc1ccc(-c2cccs2)cc1CN(C=O)CCCO. The first-order valence-electron chi connectivity index (χ1n) is 6.68. The molecule has 2 aromatic rings. The van der Waals surface area contributed by atoms with E-state index in [2.05, 4.69) is 36.6 Å². The minimum absolute atomic E-state index is 0.110. The molecule has 1 aromatic heterocycles. The van der Waals surface area contributed by atoms with Crippen molar-refractivity contribution in [3.63, 3.8) is 0 Å². The molecule has 0 atom stereocenters. The van der Waals surface area contributed by atoms with Crippen molar-refractivity contribution in [2.45, 2.75) is 19.9 Å². The van der Waals surface area contributed by atoms with Gasteiger partial charge in [-0.25, -0.2) is 0 Å². The number of benzene rings is 1. The summed E-state index contributed by atoms with van der Waals surface area (Å²) in [4.78, 5) is 14.0. The lowest BCUT2D eigenvalue weighted by Gasteiger charge is -2.18. The highest BCUT2D eigenvalue weighted by atomic mass is 32.1. The average Bonchev–Trinajstić information content (AvgIpc) is 2.99. The van der Waals surface area contributed by atoms with Crippen LogP contribution in [0, 0.1) is 6.92 Å². The maximum absolute atomic E-state index is 11.1. The first-order chi connectivity index (χ1) is 9.74. The molecule has 0 bridgehead atoms. The zero-order valence-corrected chi connectivity index (χ0v) is 12.4. The van der Waals surface area contributed by atoms with Crippen LogP contribution >= 0.6 is 11.3 Å². The number of nitrogens with zero attached hydrogens (tertiary/aromatic N) is 1. The largest absolute Gasteiger partial charge is 0.396 e. The van der Waals surface area contributed by atoms with Gasteiger partial charge in [-0.15, -0.1) is 11.3 Å². The maximum Gasteiger partial charge on any atom is 0.210 e. The van der Waals surface area contributed by atoms with Crippen LogP contribution in [0.15, 0.2) is 35.7 Å². The summed E-state index contributed by atoms with van der Waals surface area (Å²) < 4.78 is 0. The highest BCUT2D eigenvalue weighted by Crippen LogP contribution is 2.27. The second kappa shape index (κ2) is 7.22. The number of thiophene rings is 1. The van der Waals surface area contributed by atoms with Crippen molar-refractivity contribution in [2.24, 2.45) is 0 Å². The number of hydrogen-bond acceptors (Lipinski definition) is 3. The zero-order chi connectivity index (χ0) is 14.4. The lowest BCUT2D eigenvalue weighted by molar-refractivity contribution is -0.118. The molecule has 20 heavy (non-hydrogen) atoms. The van der Waals surface area contributed by atoms with Crippen molar-refractivity contribution in [1.29, 1.82) is 0 Å². The third-order valence-corrected chi connectivity index (χ3v) is 4.20. The van der Waals surface area contributed by atoms with Crippen molar-refractivity contribution >= 4 is 17.7 Å². The van der Waals surface area contributed by atoms with Gasteiger partial charge in [0.15, 0.2) is 0 Å². The highest BCUT2D eigenvalue weighted by Gasteiger charge is 2.07. The first kappa shape index (κ1) is 14.8. The quantitative estimate of drug-likeness (QED) is 0.796. The van der Waals surface area contributed by atoms with Gasteiger partial charge in [0.1, 0.15) is 0 Å². The molecule has 1 heterocycles. The third-order valence-electron chi connectivity index (χ3n) is 3.28. The van der Waals surface area contributed by atoms with Gasteiger partial charge in [-0.05, 0) is 47.5 Å². The summed E-state index contributed by atoms with van der Waals surface area (Å²) in [6, 6.07) is 10.5. The lowest BCUT2D eigenvalue weighted by atomic mass is 10.0. The smallest absolute Gasteiger partial charge is 0.210 e. The fraction of sp³-hybridized carbons (Fsp3) is 0.312. The third kappa shape index (κ3) is 3.68. The van der Waals surface area contributed by atoms with Crippen LogP contribution < -0.4 is 0 Å². The Kier molecular flexibility index (Phi) is 5.32. The molecule has 0 aliphatic carbocycles. The van der Waals surface area contributed by atoms with Crippen LogP contribution in [-0.2, 0) is 11.3 Å². The Morgan fingerprint density at radius 2 is 2.20 bits per heavy atom. The van der Waals surface area contributed by atoms with Gasteiger partial charge < -0.3 is 10.0 Å². The van der Waals surface area contributed by atoms with Crippen molar-refractivity contribution in [3.8, 4) is 10.4 Å². The van der Waals surface area contributed by atoms with Gasteiger partial charge in [-0.3, -0.25) is 4.79 Å². The Morgan fingerprint density at radius 1 is 1.35 bits per heavy atom. The molecule has 106 valence electrons. The van der Waals surface area contributed by atoms with Crippen LogP contribution in [0.3, 0.4) is 0 Å². The van der Waals surface area contributed by atoms with E-state index >= 15 is 0 Å². The maximum atomic E-state index is 11.1. The van der Waals surface area contributed by atoms with Crippen LogP contribution in [0.4, 0.5) is 0 Å². The van der Waals surface area contributed by atoms with E-state index in [0.717, 1.165) is 12.0 Å². The normalized spacial score (nSPS) is 10.5. The Hall–Kier alpha value is -1.65. The van der Waals surface area contributed by atoms with Gasteiger partial charge in [-0.1, -0.05) is 18.2 Å². The Bertz CT molecular complexity index is 552. The Balaban J connectivity index is 2.18. The molecule has 1 amide bonds. The number of rotatable bonds is 7. The second-order valence-electron chi connectivity index (χ2n) is 4.77. The standard InChI is InChI=1S/C16H19NO2S/c1-13-5-6-14(16-4-2-9-20-16)10-15(13)11-17(12-19)7-3-8-18/h2,4-6,9-10,12,18H,3,7-8,11H2,1H3. The highest BCUT2D eigenvalue weighted by molar-refractivity contribution is 7.13. The molecule has 0 radical (unpaired) electrons. The van der Waals surface area contributed by atoms with Gasteiger partial charge >= 0.3 is 0 Å². The predicted molar refractivity (Wildman–Crippen MR) is 82.7 cm³/mol. The molecule has 3 nitrogen and oxygen atoms in total. The second-order valence-corrected chi connectivity index (χ2v) is 5.72. The zero-order valence-electron chi connectivity index (χ0n) is 11.6. The van der Waals surface area contributed by atoms with Gasteiger partial charge in [0.05, 0.1) is 0 Å². The molecule has 0 saturated heterocycles. The fourth-order valence-electron chi connectivity index (χ4n) is 2.10. The van der Waals surface area contributed by atoms with Crippen LogP contribution in [0.1, 0.15) is 17.5 Å². The summed E-state index contributed by atoms with van der Waals surface area (Å²) in [6.45, 7) is 3.35. The molecule has 4 heteroatoms. The predicted octanol–water partition coefficient (Wildman–Crippen LogP) is 3.06. The summed E-state index contributed by atoms with van der Waals surface area (Å²) in [7, 11) is 0. The van der Waals surface area contributed by atoms with E-state index in [1.165, 1.54) is 16.0 Å². The molecule has 0 unspecified atom stereocenters. The first-order valence-corrected chi connectivity index (χ1v) is 7.56. The summed E-state index contributed by atoms with van der Waals surface area (Å²) in [5.74, 6) is 0. The minimum Gasteiger partial charge on any atom is -0.396 e. The van der Waals surface area contributed by atoms with Gasteiger partial charge in [0, 0.05) is 24.6 Å². The molecule has 2 rings (SSSR count). The average molecular weight is 289 g/mol. The van der Waals surface area contributed by atoms with E-state index in [-0.39, 0.29) is 6.61 Å². The molecule has 0 spiro atoms. The number of aryl methyl sites for hydroxylation is 1. The molecule has 1 aromatic carbocycles. The van der Waals surface area contributed by atoms with E-state index in [1.54, 1.807) is 16.2 Å². The minimum atomic E-state index is 0.110. The van der Waals surface area contributed by atoms with Crippen LogP contribution in [-0.4, -0.2) is 29.6 Å². The van der Waals surface area contributed by atoms with Gasteiger partial charge in [-0.2, -0.15) is 0 Å². The van der Waals surface area contributed by atoms with E-state index in [0.29, 0.717) is 19.5 Å². The Labute approximate surface area is 123 Å². The van der Waals surface area contributed by atoms with Crippen molar-refractivity contribution in [3.05, 3.63) is 46.8 Å². The molecular formula is C16H19NO2S. The fourth-order valence-corrected chi connectivity index (χ4v) is 2.82. The summed E-state index contributed by atoms with van der Waals surface area (Å²) >= 11 is 1.71. The monoisotopic (exact) mass is 289 g/mol. The van der Waals surface area contributed by atoms with Gasteiger partial charge in [0.25, 0.3) is 0 Å². The molecule has 0 fully saturated rings. The van der Waals surface area contributed by atoms with E-state index in [4.69, 9.17) is 5.11 Å². The lowest BCUT2D eigenvalue weighted by Crippen LogP contribution is -2.23. The number of aliphatic hydroxyl groups is 1. The van der Waals surface area contributed by atoms with Crippen LogP contribution in [0.2, 0.25) is 0 Å². The summed E-state index contributed by atoms with van der Waals surface area (Å²) in [5.41, 5.74) is 3.52.